The Kier molecular flexibility index (Phi) is 5.66. The number of nitrogens with one attached hydrogen (secondary N) is 2. The summed E-state index contributed by atoms with van der Waals surface area (Å²) in [4.78, 5) is 27.9. The lowest BCUT2D eigenvalue weighted by Gasteiger charge is -2.05. The van der Waals surface area contributed by atoms with E-state index in [0.717, 1.165) is 5.56 Å². The van der Waals surface area contributed by atoms with Crippen molar-refractivity contribution in [1.29, 1.82) is 0 Å². The number of carbonyl (C=O) groups excluding carboxylic acids is 2. The SMILES string of the molecule is CNC(=O)c1ccc(NC(=O)CCc2ncc(-c3ccc(C)cc3)o2)cc1. The average Bonchev–Trinajstić information content (AvgIpc) is 3.16. The zero-order chi connectivity index (χ0) is 19.2. The molecule has 0 aliphatic rings. The van der Waals surface area contributed by atoms with Crippen LogP contribution in [0.2, 0.25) is 0 Å². The van der Waals surface area contributed by atoms with E-state index >= 15 is 0 Å². The molecular formula is C21H21N3O3. The summed E-state index contributed by atoms with van der Waals surface area (Å²) < 4.78 is 5.73. The van der Waals surface area contributed by atoms with Crippen molar-refractivity contribution in [1.82, 2.24) is 10.3 Å². The Morgan fingerprint density at radius 1 is 1.04 bits per heavy atom. The van der Waals surface area contributed by atoms with Gasteiger partial charge in [0.15, 0.2) is 11.7 Å². The first kappa shape index (κ1) is 18.4. The number of oxazole rings is 1. The first-order chi connectivity index (χ1) is 13.0. The smallest absolute Gasteiger partial charge is 0.251 e. The lowest BCUT2D eigenvalue weighted by atomic mass is 10.1. The van der Waals surface area contributed by atoms with E-state index in [-0.39, 0.29) is 18.2 Å². The number of hydrogen-bond donors (Lipinski definition) is 2. The third-order valence-corrected chi connectivity index (χ3v) is 4.11. The number of aromatic nitrogens is 1. The van der Waals surface area contributed by atoms with Crippen LogP contribution < -0.4 is 10.6 Å². The number of anilines is 1. The first-order valence-electron chi connectivity index (χ1n) is 8.69. The van der Waals surface area contributed by atoms with E-state index in [1.165, 1.54) is 5.56 Å². The summed E-state index contributed by atoms with van der Waals surface area (Å²) >= 11 is 0. The molecule has 0 aliphatic heterocycles. The highest BCUT2D eigenvalue weighted by molar-refractivity contribution is 5.95. The van der Waals surface area contributed by atoms with Crippen LogP contribution >= 0.6 is 0 Å². The van der Waals surface area contributed by atoms with Crippen molar-refractivity contribution in [2.75, 3.05) is 12.4 Å². The van der Waals surface area contributed by atoms with Crippen molar-refractivity contribution >= 4 is 17.5 Å². The summed E-state index contributed by atoms with van der Waals surface area (Å²) in [5.74, 6) is 0.907. The van der Waals surface area contributed by atoms with Crippen LogP contribution in [0.1, 0.15) is 28.2 Å². The van der Waals surface area contributed by atoms with Crippen LogP contribution in [0.5, 0.6) is 0 Å². The number of amides is 2. The highest BCUT2D eigenvalue weighted by atomic mass is 16.4. The molecule has 6 heteroatoms. The molecule has 0 aliphatic carbocycles. The van der Waals surface area contributed by atoms with Gasteiger partial charge in [-0.05, 0) is 31.2 Å². The Labute approximate surface area is 157 Å². The first-order valence-corrected chi connectivity index (χ1v) is 8.69. The molecule has 0 atom stereocenters. The van der Waals surface area contributed by atoms with Gasteiger partial charge in [0.2, 0.25) is 5.91 Å². The van der Waals surface area contributed by atoms with Gasteiger partial charge in [-0.3, -0.25) is 9.59 Å². The third-order valence-electron chi connectivity index (χ3n) is 4.11. The second-order valence-corrected chi connectivity index (χ2v) is 6.19. The quantitative estimate of drug-likeness (QED) is 0.701. The van der Waals surface area contributed by atoms with Crippen molar-refractivity contribution < 1.29 is 14.0 Å². The molecule has 2 N–H and O–H groups in total. The second kappa shape index (κ2) is 8.31. The number of benzene rings is 2. The van der Waals surface area contributed by atoms with Crippen LogP contribution in [-0.2, 0) is 11.2 Å². The normalized spacial score (nSPS) is 10.4. The molecular weight excluding hydrogens is 342 g/mol. The average molecular weight is 363 g/mol. The molecule has 1 heterocycles. The Bertz CT molecular complexity index is 928. The fourth-order valence-electron chi connectivity index (χ4n) is 2.57. The Balaban J connectivity index is 1.53. The third kappa shape index (κ3) is 4.82. The van der Waals surface area contributed by atoms with E-state index in [2.05, 4.69) is 15.6 Å². The molecule has 0 saturated carbocycles. The summed E-state index contributed by atoms with van der Waals surface area (Å²) in [6.07, 6.45) is 2.34. The topological polar surface area (TPSA) is 84.2 Å². The molecule has 2 aromatic carbocycles. The van der Waals surface area contributed by atoms with E-state index in [0.29, 0.717) is 29.3 Å². The lowest BCUT2D eigenvalue weighted by molar-refractivity contribution is -0.116. The maximum atomic E-state index is 12.1. The fourth-order valence-corrected chi connectivity index (χ4v) is 2.57. The molecule has 27 heavy (non-hydrogen) atoms. The molecule has 138 valence electrons. The van der Waals surface area contributed by atoms with Gasteiger partial charge in [0.1, 0.15) is 0 Å². The van der Waals surface area contributed by atoms with Crippen LogP contribution in [0.15, 0.2) is 59.1 Å². The summed E-state index contributed by atoms with van der Waals surface area (Å²) in [5.41, 5.74) is 3.32. The minimum atomic E-state index is -0.166. The molecule has 1 aromatic heterocycles. The van der Waals surface area contributed by atoms with Crippen molar-refractivity contribution in [2.45, 2.75) is 19.8 Å². The van der Waals surface area contributed by atoms with Crippen LogP contribution in [0.25, 0.3) is 11.3 Å². The lowest BCUT2D eigenvalue weighted by Crippen LogP contribution is -2.18. The standard InChI is InChI=1S/C21H21N3O3/c1-14-3-5-15(6-4-14)18-13-23-20(27-18)12-11-19(25)24-17-9-7-16(8-10-17)21(26)22-2/h3-10,13H,11-12H2,1-2H3,(H,22,26)(H,24,25). The maximum Gasteiger partial charge on any atom is 0.251 e. The molecule has 2 amide bonds. The molecule has 6 nitrogen and oxygen atoms in total. The van der Waals surface area contributed by atoms with Crippen LogP contribution in [0.3, 0.4) is 0 Å². The molecule has 0 radical (unpaired) electrons. The number of hydrogen-bond acceptors (Lipinski definition) is 4. The number of rotatable bonds is 6. The molecule has 3 rings (SSSR count). The zero-order valence-corrected chi connectivity index (χ0v) is 15.3. The predicted octanol–water partition coefficient (Wildman–Crippen LogP) is 3.58. The van der Waals surface area contributed by atoms with Gasteiger partial charge in [0.05, 0.1) is 6.20 Å². The van der Waals surface area contributed by atoms with E-state index in [1.807, 2.05) is 31.2 Å². The summed E-state index contributed by atoms with van der Waals surface area (Å²) in [7, 11) is 1.57. The van der Waals surface area contributed by atoms with Crippen molar-refractivity contribution in [2.24, 2.45) is 0 Å². The van der Waals surface area contributed by atoms with Crippen LogP contribution in [-0.4, -0.2) is 23.8 Å². The van der Waals surface area contributed by atoms with Crippen LogP contribution in [0.4, 0.5) is 5.69 Å². The largest absolute Gasteiger partial charge is 0.441 e. The van der Waals surface area contributed by atoms with Gasteiger partial charge < -0.3 is 15.1 Å². The molecule has 0 spiro atoms. The summed E-state index contributed by atoms with van der Waals surface area (Å²) in [6, 6.07) is 14.7. The molecule has 0 unspecified atom stereocenters. The highest BCUT2D eigenvalue weighted by Gasteiger charge is 2.10. The fraction of sp³-hybridized carbons (Fsp3) is 0.190. The second-order valence-electron chi connectivity index (χ2n) is 6.19. The van der Waals surface area contributed by atoms with Gasteiger partial charge in [-0.15, -0.1) is 0 Å². The van der Waals surface area contributed by atoms with E-state index in [1.54, 1.807) is 37.5 Å². The predicted molar refractivity (Wildman–Crippen MR) is 103 cm³/mol. The number of nitrogens with zero attached hydrogens (tertiary/aromatic N) is 1. The van der Waals surface area contributed by atoms with Gasteiger partial charge in [-0.1, -0.05) is 29.8 Å². The number of aryl methyl sites for hydroxylation is 2. The van der Waals surface area contributed by atoms with Crippen molar-refractivity contribution in [3.05, 3.63) is 71.7 Å². The molecule has 0 saturated heterocycles. The van der Waals surface area contributed by atoms with Gasteiger partial charge in [0, 0.05) is 36.7 Å². The molecule has 0 bridgehead atoms. The monoisotopic (exact) mass is 363 g/mol. The Morgan fingerprint density at radius 2 is 1.74 bits per heavy atom. The van der Waals surface area contributed by atoms with Crippen LogP contribution in [0, 0.1) is 6.92 Å². The minimum Gasteiger partial charge on any atom is -0.441 e. The zero-order valence-electron chi connectivity index (χ0n) is 15.3. The van der Waals surface area contributed by atoms with E-state index < -0.39 is 0 Å². The highest BCUT2D eigenvalue weighted by Crippen LogP contribution is 2.21. The Hall–Kier alpha value is -3.41. The molecule has 3 aromatic rings. The summed E-state index contributed by atoms with van der Waals surface area (Å²) in [5, 5.41) is 5.35. The van der Waals surface area contributed by atoms with E-state index in [9.17, 15) is 9.59 Å². The van der Waals surface area contributed by atoms with Crippen molar-refractivity contribution in [3.63, 3.8) is 0 Å². The van der Waals surface area contributed by atoms with Gasteiger partial charge in [-0.2, -0.15) is 0 Å². The van der Waals surface area contributed by atoms with Gasteiger partial charge in [0.25, 0.3) is 5.91 Å². The van der Waals surface area contributed by atoms with Crippen molar-refractivity contribution in [3.8, 4) is 11.3 Å². The van der Waals surface area contributed by atoms with Gasteiger partial charge >= 0.3 is 0 Å². The maximum absolute atomic E-state index is 12.1. The molecule has 0 fully saturated rings. The minimum absolute atomic E-state index is 0.141. The van der Waals surface area contributed by atoms with Gasteiger partial charge in [-0.25, -0.2) is 4.98 Å². The number of carbonyl (C=O) groups is 2. The van der Waals surface area contributed by atoms with E-state index in [4.69, 9.17) is 4.42 Å². The Morgan fingerprint density at radius 3 is 2.41 bits per heavy atom. The summed E-state index contributed by atoms with van der Waals surface area (Å²) in [6.45, 7) is 2.03.